The lowest BCUT2D eigenvalue weighted by Gasteiger charge is -2.03. The Morgan fingerprint density at radius 1 is 1.71 bits per heavy atom. The van der Waals surface area contributed by atoms with Crippen LogP contribution in [0.25, 0.3) is 0 Å². The molecule has 0 radical (unpaired) electrons. The van der Waals surface area contributed by atoms with Crippen molar-refractivity contribution in [1.82, 2.24) is 9.78 Å². The van der Waals surface area contributed by atoms with Crippen molar-refractivity contribution in [1.29, 1.82) is 0 Å². The molecular formula is C8H13N3O3. The second kappa shape index (κ2) is 5.23. The first kappa shape index (κ1) is 10.5. The first-order chi connectivity index (χ1) is 6.72. The number of esters is 1. The van der Waals surface area contributed by atoms with Crippen LogP contribution in [0.5, 0.6) is 0 Å². The fourth-order valence-electron chi connectivity index (χ4n) is 0.835. The summed E-state index contributed by atoms with van der Waals surface area (Å²) in [5, 5.41) is 3.83. The molecule has 0 saturated heterocycles. The van der Waals surface area contributed by atoms with E-state index in [0.29, 0.717) is 12.3 Å². The second-order valence-corrected chi connectivity index (χ2v) is 2.60. The smallest absolute Gasteiger partial charge is 0.329 e. The summed E-state index contributed by atoms with van der Waals surface area (Å²) in [6, 6.07) is 0. The summed E-state index contributed by atoms with van der Waals surface area (Å²) in [5.74, 6) is -0.401. The van der Waals surface area contributed by atoms with Gasteiger partial charge in [-0.15, -0.1) is 0 Å². The van der Waals surface area contributed by atoms with Crippen LogP contribution < -0.4 is 5.73 Å². The van der Waals surface area contributed by atoms with Crippen LogP contribution in [0.15, 0.2) is 12.4 Å². The Morgan fingerprint density at radius 3 is 3.07 bits per heavy atom. The molecule has 0 bridgehead atoms. The third-order valence-electron chi connectivity index (χ3n) is 1.45. The van der Waals surface area contributed by atoms with Gasteiger partial charge in [0.2, 0.25) is 0 Å². The molecule has 0 aliphatic carbocycles. The Kier molecular flexibility index (Phi) is 3.93. The molecule has 0 aliphatic heterocycles. The molecule has 2 N–H and O–H groups in total. The highest BCUT2D eigenvalue weighted by molar-refractivity contribution is 5.69. The molecule has 0 fully saturated rings. The van der Waals surface area contributed by atoms with E-state index in [9.17, 15) is 4.79 Å². The molecule has 1 heterocycles. The molecule has 1 aromatic heterocycles. The molecule has 0 aliphatic rings. The number of nitrogens with zero attached hydrogens (tertiary/aromatic N) is 2. The molecular weight excluding hydrogens is 186 g/mol. The predicted molar refractivity (Wildman–Crippen MR) is 49.2 cm³/mol. The maximum Gasteiger partial charge on any atom is 0.329 e. The standard InChI is InChI=1S/C8H13N3O3/c1-2-13-6-14-8(12)5-11-4-7(9)3-10-11/h3-4H,2,5-6,9H2,1H3. The van der Waals surface area contributed by atoms with E-state index >= 15 is 0 Å². The lowest BCUT2D eigenvalue weighted by atomic mass is 10.6. The van der Waals surface area contributed by atoms with Crippen LogP contribution in [-0.2, 0) is 20.8 Å². The van der Waals surface area contributed by atoms with E-state index in [4.69, 9.17) is 15.2 Å². The largest absolute Gasteiger partial charge is 0.437 e. The first-order valence-corrected chi connectivity index (χ1v) is 4.23. The highest BCUT2D eigenvalue weighted by atomic mass is 16.7. The highest BCUT2D eigenvalue weighted by Crippen LogP contribution is 1.97. The van der Waals surface area contributed by atoms with Crippen molar-refractivity contribution < 1.29 is 14.3 Å². The Hall–Kier alpha value is -1.56. The van der Waals surface area contributed by atoms with Gasteiger partial charge in [-0.25, -0.2) is 4.79 Å². The number of rotatable bonds is 5. The van der Waals surface area contributed by atoms with Gasteiger partial charge in [0.15, 0.2) is 6.79 Å². The maximum atomic E-state index is 11.1. The first-order valence-electron chi connectivity index (χ1n) is 4.23. The van der Waals surface area contributed by atoms with Crippen LogP contribution in [0, 0.1) is 0 Å². The van der Waals surface area contributed by atoms with E-state index in [1.165, 1.54) is 10.9 Å². The molecule has 0 amide bonds. The molecule has 0 unspecified atom stereocenters. The third kappa shape index (κ3) is 3.44. The predicted octanol–water partition coefficient (Wildman–Crippen LogP) is 0.00250. The second-order valence-electron chi connectivity index (χ2n) is 2.60. The summed E-state index contributed by atoms with van der Waals surface area (Å²) in [6.07, 6.45) is 3.03. The zero-order valence-electron chi connectivity index (χ0n) is 7.97. The highest BCUT2D eigenvalue weighted by Gasteiger charge is 2.04. The van der Waals surface area contributed by atoms with Crippen molar-refractivity contribution in [3.05, 3.63) is 12.4 Å². The van der Waals surface area contributed by atoms with Gasteiger partial charge in [-0.3, -0.25) is 4.68 Å². The Bertz CT molecular complexity index is 298. The van der Waals surface area contributed by atoms with Crippen LogP contribution in [0.1, 0.15) is 6.92 Å². The van der Waals surface area contributed by atoms with Crippen molar-refractivity contribution in [3.8, 4) is 0 Å². The van der Waals surface area contributed by atoms with E-state index in [-0.39, 0.29) is 13.3 Å². The number of nitrogens with two attached hydrogens (primary N) is 1. The summed E-state index contributed by atoms with van der Waals surface area (Å²) in [7, 11) is 0. The van der Waals surface area contributed by atoms with Crippen LogP contribution >= 0.6 is 0 Å². The zero-order valence-corrected chi connectivity index (χ0v) is 7.97. The fourth-order valence-corrected chi connectivity index (χ4v) is 0.835. The van der Waals surface area contributed by atoms with Gasteiger partial charge in [-0.1, -0.05) is 0 Å². The van der Waals surface area contributed by atoms with Gasteiger partial charge in [-0.2, -0.15) is 5.10 Å². The number of nitrogen functional groups attached to an aromatic ring is 1. The summed E-state index contributed by atoms with van der Waals surface area (Å²) < 4.78 is 11.0. The minimum absolute atomic E-state index is 0.0217. The van der Waals surface area contributed by atoms with Crippen LogP contribution in [-0.4, -0.2) is 29.1 Å². The molecule has 1 rings (SSSR count). The van der Waals surface area contributed by atoms with Crippen LogP contribution in [0.3, 0.4) is 0 Å². The van der Waals surface area contributed by atoms with E-state index in [1.54, 1.807) is 6.20 Å². The number of hydrogen-bond acceptors (Lipinski definition) is 5. The summed E-state index contributed by atoms with van der Waals surface area (Å²) in [6.45, 7) is 2.36. The summed E-state index contributed by atoms with van der Waals surface area (Å²) in [4.78, 5) is 11.1. The number of anilines is 1. The summed E-state index contributed by atoms with van der Waals surface area (Å²) in [5.41, 5.74) is 5.93. The summed E-state index contributed by atoms with van der Waals surface area (Å²) >= 11 is 0. The van der Waals surface area contributed by atoms with Gasteiger partial charge in [0.1, 0.15) is 6.54 Å². The lowest BCUT2D eigenvalue weighted by Crippen LogP contribution is -2.15. The molecule has 1 aromatic rings. The SMILES string of the molecule is CCOCOC(=O)Cn1cc(N)cn1. The molecule has 78 valence electrons. The minimum atomic E-state index is -0.401. The van der Waals surface area contributed by atoms with Gasteiger partial charge < -0.3 is 15.2 Å². The van der Waals surface area contributed by atoms with E-state index < -0.39 is 5.97 Å². The molecule has 6 heteroatoms. The number of carbonyl (C=O) groups is 1. The van der Waals surface area contributed by atoms with Gasteiger partial charge in [-0.05, 0) is 6.92 Å². The average molecular weight is 199 g/mol. The Morgan fingerprint density at radius 2 is 2.50 bits per heavy atom. The zero-order chi connectivity index (χ0) is 10.4. The number of hydrogen-bond donors (Lipinski definition) is 1. The van der Waals surface area contributed by atoms with Crippen molar-refractivity contribution in [2.75, 3.05) is 19.1 Å². The molecule has 6 nitrogen and oxygen atoms in total. The van der Waals surface area contributed by atoms with Crippen LogP contribution in [0.2, 0.25) is 0 Å². The fraction of sp³-hybridized carbons (Fsp3) is 0.500. The van der Waals surface area contributed by atoms with Crippen molar-refractivity contribution in [3.63, 3.8) is 0 Å². The quantitative estimate of drug-likeness (QED) is 0.410. The topological polar surface area (TPSA) is 79.4 Å². The van der Waals surface area contributed by atoms with Crippen molar-refractivity contribution in [2.45, 2.75) is 13.5 Å². The average Bonchev–Trinajstić information content (AvgIpc) is 2.52. The lowest BCUT2D eigenvalue weighted by molar-refractivity contribution is -0.156. The van der Waals surface area contributed by atoms with Gasteiger partial charge in [0, 0.05) is 12.8 Å². The molecule has 0 saturated carbocycles. The monoisotopic (exact) mass is 199 g/mol. The Balaban J connectivity index is 2.27. The molecule has 0 aromatic carbocycles. The number of aromatic nitrogens is 2. The number of carbonyl (C=O) groups excluding carboxylic acids is 1. The molecule has 0 atom stereocenters. The third-order valence-corrected chi connectivity index (χ3v) is 1.45. The number of ether oxygens (including phenoxy) is 2. The minimum Gasteiger partial charge on any atom is -0.437 e. The van der Waals surface area contributed by atoms with Gasteiger partial charge >= 0.3 is 5.97 Å². The van der Waals surface area contributed by atoms with Crippen molar-refractivity contribution in [2.24, 2.45) is 0 Å². The Labute approximate surface area is 81.6 Å². The van der Waals surface area contributed by atoms with Gasteiger partial charge in [0.25, 0.3) is 0 Å². The van der Waals surface area contributed by atoms with Crippen LogP contribution in [0.4, 0.5) is 5.69 Å². The molecule has 14 heavy (non-hydrogen) atoms. The van der Waals surface area contributed by atoms with Gasteiger partial charge in [0.05, 0.1) is 11.9 Å². The normalized spacial score (nSPS) is 10.1. The maximum absolute atomic E-state index is 11.1. The van der Waals surface area contributed by atoms with E-state index in [0.717, 1.165) is 0 Å². The van der Waals surface area contributed by atoms with E-state index in [2.05, 4.69) is 5.10 Å². The molecule has 0 spiro atoms. The van der Waals surface area contributed by atoms with Crippen molar-refractivity contribution >= 4 is 11.7 Å². The van der Waals surface area contributed by atoms with E-state index in [1.807, 2.05) is 6.92 Å².